The van der Waals surface area contributed by atoms with E-state index in [0.29, 0.717) is 5.56 Å². The SMILES string of the molecule is O=C(N[C@H]1CCCN(Cc2cccnc2)C1)c1ccoc1. The first-order valence-corrected chi connectivity index (χ1v) is 7.25. The maximum Gasteiger partial charge on any atom is 0.254 e. The minimum atomic E-state index is -0.0584. The molecule has 0 aromatic carbocycles. The van der Waals surface area contributed by atoms with Crippen molar-refractivity contribution in [2.24, 2.45) is 0 Å². The molecule has 1 atom stereocenters. The molecule has 0 aliphatic carbocycles. The van der Waals surface area contributed by atoms with Gasteiger partial charge in [-0.1, -0.05) is 6.07 Å². The molecule has 110 valence electrons. The summed E-state index contributed by atoms with van der Waals surface area (Å²) in [5, 5.41) is 3.08. The second-order valence-electron chi connectivity index (χ2n) is 5.42. The Labute approximate surface area is 124 Å². The average Bonchev–Trinajstić information content (AvgIpc) is 3.03. The summed E-state index contributed by atoms with van der Waals surface area (Å²) in [4.78, 5) is 18.5. The van der Waals surface area contributed by atoms with E-state index in [9.17, 15) is 4.79 Å². The molecule has 1 saturated heterocycles. The van der Waals surface area contributed by atoms with E-state index in [1.54, 1.807) is 12.3 Å². The lowest BCUT2D eigenvalue weighted by molar-refractivity contribution is 0.0900. The number of pyridine rings is 1. The maximum atomic E-state index is 12.0. The molecule has 5 nitrogen and oxygen atoms in total. The van der Waals surface area contributed by atoms with Gasteiger partial charge >= 0.3 is 0 Å². The first-order chi connectivity index (χ1) is 10.3. The Morgan fingerprint density at radius 1 is 1.48 bits per heavy atom. The number of piperidine rings is 1. The number of nitrogens with zero attached hydrogens (tertiary/aromatic N) is 2. The van der Waals surface area contributed by atoms with Gasteiger partial charge in [0.1, 0.15) is 6.26 Å². The number of nitrogens with one attached hydrogen (secondary N) is 1. The summed E-state index contributed by atoms with van der Waals surface area (Å²) in [6.07, 6.45) is 8.79. The normalized spacial score (nSPS) is 19.3. The van der Waals surface area contributed by atoms with Crippen LogP contribution in [0.15, 0.2) is 47.5 Å². The first kappa shape index (κ1) is 13.8. The van der Waals surface area contributed by atoms with Gasteiger partial charge in [0.25, 0.3) is 5.91 Å². The van der Waals surface area contributed by atoms with Crippen molar-refractivity contribution in [2.45, 2.75) is 25.4 Å². The van der Waals surface area contributed by atoms with Crippen molar-refractivity contribution >= 4 is 5.91 Å². The number of carbonyl (C=O) groups is 1. The highest BCUT2D eigenvalue weighted by Crippen LogP contribution is 2.14. The van der Waals surface area contributed by atoms with Gasteiger partial charge in [0.05, 0.1) is 11.8 Å². The molecule has 0 radical (unpaired) electrons. The molecule has 0 spiro atoms. The van der Waals surface area contributed by atoms with Crippen LogP contribution in [0.4, 0.5) is 0 Å². The van der Waals surface area contributed by atoms with Gasteiger partial charge in [0, 0.05) is 31.5 Å². The third-order valence-electron chi connectivity index (χ3n) is 3.75. The highest BCUT2D eigenvalue weighted by Gasteiger charge is 2.22. The van der Waals surface area contributed by atoms with Crippen LogP contribution in [0.2, 0.25) is 0 Å². The second-order valence-corrected chi connectivity index (χ2v) is 5.42. The van der Waals surface area contributed by atoms with Crippen LogP contribution in [-0.2, 0) is 6.54 Å². The molecule has 1 N–H and O–H groups in total. The molecular formula is C16H19N3O2. The van der Waals surface area contributed by atoms with Gasteiger partial charge in [-0.05, 0) is 37.1 Å². The van der Waals surface area contributed by atoms with E-state index in [1.807, 2.05) is 12.3 Å². The number of hydrogen-bond donors (Lipinski definition) is 1. The Hall–Kier alpha value is -2.14. The zero-order valence-electron chi connectivity index (χ0n) is 11.9. The standard InChI is InChI=1S/C16H19N3O2/c20-16(14-5-8-21-12-14)18-15-4-2-7-19(11-15)10-13-3-1-6-17-9-13/h1,3,5-6,8-9,12,15H,2,4,7,10-11H2,(H,18,20)/t15-/m0/s1. The predicted octanol–water partition coefficient (Wildman–Crippen LogP) is 2.07. The van der Waals surface area contributed by atoms with Gasteiger partial charge in [-0.25, -0.2) is 0 Å². The molecule has 0 bridgehead atoms. The lowest BCUT2D eigenvalue weighted by atomic mass is 10.0. The number of hydrogen-bond acceptors (Lipinski definition) is 4. The summed E-state index contributed by atoms with van der Waals surface area (Å²) in [6.45, 7) is 2.82. The zero-order chi connectivity index (χ0) is 14.5. The summed E-state index contributed by atoms with van der Waals surface area (Å²) >= 11 is 0. The molecule has 3 rings (SSSR count). The zero-order valence-corrected chi connectivity index (χ0v) is 11.9. The largest absolute Gasteiger partial charge is 0.472 e. The number of furan rings is 1. The molecule has 0 saturated carbocycles. The third kappa shape index (κ3) is 3.70. The smallest absolute Gasteiger partial charge is 0.254 e. The maximum absolute atomic E-state index is 12.0. The minimum Gasteiger partial charge on any atom is -0.472 e. The van der Waals surface area contributed by atoms with Crippen molar-refractivity contribution < 1.29 is 9.21 Å². The van der Waals surface area contributed by atoms with Crippen LogP contribution in [0.25, 0.3) is 0 Å². The van der Waals surface area contributed by atoms with Gasteiger partial charge in [-0.2, -0.15) is 0 Å². The Morgan fingerprint density at radius 3 is 3.19 bits per heavy atom. The van der Waals surface area contributed by atoms with E-state index in [2.05, 4.69) is 21.3 Å². The van der Waals surface area contributed by atoms with Gasteiger partial charge in [0.2, 0.25) is 0 Å². The number of carbonyl (C=O) groups excluding carboxylic acids is 1. The fourth-order valence-corrected chi connectivity index (χ4v) is 2.73. The fourth-order valence-electron chi connectivity index (χ4n) is 2.73. The first-order valence-electron chi connectivity index (χ1n) is 7.25. The van der Waals surface area contributed by atoms with Crippen LogP contribution in [0, 0.1) is 0 Å². The van der Waals surface area contributed by atoms with E-state index in [4.69, 9.17) is 4.42 Å². The van der Waals surface area contributed by atoms with Crippen molar-refractivity contribution in [1.82, 2.24) is 15.2 Å². The highest BCUT2D eigenvalue weighted by atomic mass is 16.3. The molecule has 1 fully saturated rings. The molecule has 3 heterocycles. The van der Waals surface area contributed by atoms with Gasteiger partial charge in [-0.3, -0.25) is 14.7 Å². The summed E-state index contributed by atoms with van der Waals surface area (Å²) in [5.74, 6) is -0.0584. The van der Waals surface area contributed by atoms with Crippen LogP contribution in [0.3, 0.4) is 0 Å². The number of amides is 1. The summed E-state index contributed by atoms with van der Waals surface area (Å²) in [5.41, 5.74) is 1.79. The molecule has 2 aromatic rings. The predicted molar refractivity (Wildman–Crippen MR) is 78.7 cm³/mol. The Bertz CT molecular complexity index is 568. The van der Waals surface area contributed by atoms with Crippen LogP contribution in [-0.4, -0.2) is 34.9 Å². The lowest BCUT2D eigenvalue weighted by Crippen LogP contribution is -2.47. The van der Waals surface area contributed by atoms with Crippen molar-refractivity contribution in [3.8, 4) is 0 Å². The Morgan fingerprint density at radius 2 is 2.43 bits per heavy atom. The Kier molecular flexibility index (Phi) is 4.31. The van der Waals surface area contributed by atoms with E-state index >= 15 is 0 Å². The topological polar surface area (TPSA) is 58.4 Å². The van der Waals surface area contributed by atoms with Crippen molar-refractivity contribution in [3.63, 3.8) is 0 Å². The van der Waals surface area contributed by atoms with E-state index in [0.717, 1.165) is 32.5 Å². The van der Waals surface area contributed by atoms with Crippen molar-refractivity contribution in [2.75, 3.05) is 13.1 Å². The summed E-state index contributed by atoms with van der Waals surface area (Å²) < 4.78 is 4.95. The molecule has 1 amide bonds. The van der Waals surface area contributed by atoms with E-state index < -0.39 is 0 Å². The van der Waals surface area contributed by atoms with Gasteiger partial charge < -0.3 is 9.73 Å². The van der Waals surface area contributed by atoms with Crippen molar-refractivity contribution in [3.05, 3.63) is 54.2 Å². The van der Waals surface area contributed by atoms with E-state index in [-0.39, 0.29) is 11.9 Å². The number of aromatic nitrogens is 1. The molecular weight excluding hydrogens is 266 g/mol. The molecule has 1 aliphatic rings. The molecule has 2 aromatic heterocycles. The molecule has 5 heteroatoms. The van der Waals surface area contributed by atoms with Crippen LogP contribution < -0.4 is 5.32 Å². The minimum absolute atomic E-state index is 0.0584. The Balaban J connectivity index is 1.55. The van der Waals surface area contributed by atoms with Crippen LogP contribution >= 0.6 is 0 Å². The number of likely N-dealkylation sites (tertiary alicyclic amines) is 1. The third-order valence-corrected chi connectivity index (χ3v) is 3.75. The summed E-state index contributed by atoms with van der Waals surface area (Å²) in [7, 11) is 0. The fraction of sp³-hybridized carbons (Fsp3) is 0.375. The van der Waals surface area contributed by atoms with Crippen molar-refractivity contribution in [1.29, 1.82) is 0 Å². The second kappa shape index (κ2) is 6.54. The van der Waals surface area contributed by atoms with Crippen LogP contribution in [0.5, 0.6) is 0 Å². The van der Waals surface area contributed by atoms with Gasteiger partial charge in [0.15, 0.2) is 0 Å². The average molecular weight is 285 g/mol. The van der Waals surface area contributed by atoms with Gasteiger partial charge in [-0.15, -0.1) is 0 Å². The lowest BCUT2D eigenvalue weighted by Gasteiger charge is -2.33. The van der Waals surface area contributed by atoms with E-state index in [1.165, 1.54) is 18.1 Å². The quantitative estimate of drug-likeness (QED) is 0.934. The molecule has 0 unspecified atom stereocenters. The summed E-state index contributed by atoms with van der Waals surface area (Å²) in [6, 6.07) is 5.92. The number of rotatable bonds is 4. The molecule has 21 heavy (non-hydrogen) atoms. The van der Waals surface area contributed by atoms with Crippen LogP contribution in [0.1, 0.15) is 28.8 Å². The molecule has 1 aliphatic heterocycles. The highest BCUT2D eigenvalue weighted by molar-refractivity contribution is 5.93. The monoisotopic (exact) mass is 285 g/mol.